The molecule has 1 N–H and O–H groups in total. The first-order chi connectivity index (χ1) is 8.44. The second-order valence-corrected chi connectivity index (χ2v) is 4.90. The molecule has 1 atom stereocenters. The summed E-state index contributed by atoms with van der Waals surface area (Å²) >= 11 is 0. The minimum absolute atomic E-state index is 0.361. The molecule has 0 spiro atoms. The lowest BCUT2D eigenvalue weighted by Gasteiger charge is -2.29. The Morgan fingerprint density at radius 3 is 2.50 bits per heavy atom. The van der Waals surface area contributed by atoms with Gasteiger partial charge in [-0.25, -0.2) is 0 Å². The van der Waals surface area contributed by atoms with Crippen LogP contribution in [0.25, 0.3) is 0 Å². The zero-order chi connectivity index (χ0) is 13.6. The molecule has 0 saturated heterocycles. The van der Waals surface area contributed by atoms with E-state index in [2.05, 4.69) is 17.1 Å². The molecular weight excluding hydrogens is 245 g/mol. The first-order valence-corrected chi connectivity index (χ1v) is 6.44. The number of ether oxygens (including phenoxy) is 1. The number of nitrogens with zero attached hydrogens (tertiary/aromatic N) is 1. The predicted molar refractivity (Wildman–Crippen MR) is 64.6 cm³/mol. The minimum Gasteiger partial charge on any atom is -0.383 e. The quantitative estimate of drug-likeness (QED) is 0.646. The number of nitrogens with one attached hydrogen (secondary N) is 1. The van der Waals surface area contributed by atoms with Gasteiger partial charge in [-0.05, 0) is 25.7 Å². The van der Waals surface area contributed by atoms with E-state index in [1.807, 2.05) is 0 Å². The topological polar surface area (TPSA) is 24.5 Å². The summed E-state index contributed by atoms with van der Waals surface area (Å²) in [7, 11) is 1.64. The summed E-state index contributed by atoms with van der Waals surface area (Å²) in [6.07, 6.45) is -1.65. The van der Waals surface area contributed by atoms with Crippen LogP contribution in [-0.2, 0) is 4.74 Å². The van der Waals surface area contributed by atoms with Crippen LogP contribution in [0.15, 0.2) is 0 Å². The zero-order valence-corrected chi connectivity index (χ0v) is 11.1. The van der Waals surface area contributed by atoms with E-state index >= 15 is 0 Å². The lowest BCUT2D eigenvalue weighted by molar-refractivity contribution is -0.124. The van der Waals surface area contributed by atoms with Gasteiger partial charge in [-0.1, -0.05) is 0 Å². The third-order valence-electron chi connectivity index (χ3n) is 3.36. The molecule has 0 aromatic heterocycles. The molecule has 1 rings (SSSR count). The Balaban J connectivity index is 2.22. The molecule has 0 radical (unpaired) electrons. The van der Waals surface area contributed by atoms with Gasteiger partial charge in [0, 0.05) is 32.8 Å². The van der Waals surface area contributed by atoms with E-state index in [4.69, 9.17) is 4.74 Å². The molecule has 1 fully saturated rings. The molecule has 0 aliphatic heterocycles. The Kier molecular flexibility index (Phi) is 6.38. The van der Waals surface area contributed by atoms with Crippen molar-refractivity contribution in [2.45, 2.75) is 32.0 Å². The first kappa shape index (κ1) is 15.7. The van der Waals surface area contributed by atoms with Gasteiger partial charge in [-0.2, -0.15) is 13.2 Å². The fourth-order valence-electron chi connectivity index (χ4n) is 2.06. The summed E-state index contributed by atoms with van der Waals surface area (Å²) in [5, 5.41) is 2.44. The number of halogens is 3. The summed E-state index contributed by atoms with van der Waals surface area (Å²) in [6, 6.07) is 0.438. The summed E-state index contributed by atoms with van der Waals surface area (Å²) in [5.41, 5.74) is 0. The maximum Gasteiger partial charge on any atom is 0.401 e. The van der Waals surface area contributed by atoms with E-state index in [1.54, 1.807) is 7.11 Å². The van der Waals surface area contributed by atoms with Crippen LogP contribution < -0.4 is 5.32 Å². The van der Waals surface area contributed by atoms with Crippen molar-refractivity contribution >= 4 is 0 Å². The van der Waals surface area contributed by atoms with Crippen molar-refractivity contribution in [3.8, 4) is 0 Å². The van der Waals surface area contributed by atoms with Crippen LogP contribution in [0.5, 0.6) is 0 Å². The maximum absolute atomic E-state index is 12.0. The van der Waals surface area contributed by atoms with Crippen LogP contribution in [0.2, 0.25) is 0 Å². The van der Waals surface area contributed by atoms with Gasteiger partial charge in [0.25, 0.3) is 0 Å². The van der Waals surface area contributed by atoms with Crippen LogP contribution in [0, 0.1) is 5.92 Å². The molecule has 0 aromatic carbocycles. The average molecular weight is 268 g/mol. The molecule has 0 heterocycles. The monoisotopic (exact) mass is 268 g/mol. The van der Waals surface area contributed by atoms with Crippen LogP contribution in [-0.4, -0.2) is 57.0 Å². The fraction of sp³-hybridized carbons (Fsp3) is 1.00. The number of methoxy groups -OCH3 is 1. The van der Waals surface area contributed by atoms with Crippen molar-refractivity contribution in [3.63, 3.8) is 0 Å². The van der Waals surface area contributed by atoms with E-state index in [9.17, 15) is 13.2 Å². The van der Waals surface area contributed by atoms with Gasteiger partial charge in [-0.3, -0.25) is 4.90 Å². The second kappa shape index (κ2) is 7.31. The summed E-state index contributed by atoms with van der Waals surface area (Å²) in [5.74, 6) is 0.712. The van der Waals surface area contributed by atoms with Gasteiger partial charge >= 0.3 is 6.18 Å². The molecule has 1 unspecified atom stereocenters. The highest BCUT2D eigenvalue weighted by Gasteiger charge is 2.32. The molecular formula is C12H23F3N2O. The van der Waals surface area contributed by atoms with Gasteiger partial charge in [-0.15, -0.1) is 0 Å². The smallest absolute Gasteiger partial charge is 0.383 e. The van der Waals surface area contributed by atoms with Crippen molar-refractivity contribution in [2.75, 3.05) is 39.9 Å². The van der Waals surface area contributed by atoms with E-state index in [0.717, 1.165) is 6.54 Å². The lowest BCUT2D eigenvalue weighted by Crippen LogP contribution is -2.42. The molecule has 108 valence electrons. The first-order valence-electron chi connectivity index (χ1n) is 6.44. The normalized spacial score (nSPS) is 18.3. The summed E-state index contributed by atoms with van der Waals surface area (Å²) in [4.78, 5) is 2.21. The minimum atomic E-state index is -4.13. The van der Waals surface area contributed by atoms with Gasteiger partial charge < -0.3 is 10.1 Å². The van der Waals surface area contributed by atoms with Gasteiger partial charge in [0.1, 0.15) is 0 Å². The third kappa shape index (κ3) is 6.56. The number of hydrogen-bond acceptors (Lipinski definition) is 3. The molecule has 0 aromatic rings. The molecule has 1 aliphatic rings. The third-order valence-corrected chi connectivity index (χ3v) is 3.36. The fourth-order valence-corrected chi connectivity index (χ4v) is 2.06. The van der Waals surface area contributed by atoms with Crippen molar-refractivity contribution in [3.05, 3.63) is 0 Å². The highest BCUT2D eigenvalue weighted by atomic mass is 19.4. The standard InChI is InChI=1S/C12H23F3N2O/c1-10(11-3-4-11)17(7-8-18-2)6-5-16-9-12(13,14)15/h10-11,16H,3-9H2,1-2H3. The second-order valence-electron chi connectivity index (χ2n) is 4.90. The molecule has 0 amide bonds. The number of rotatable bonds is 9. The number of hydrogen-bond donors (Lipinski definition) is 1. The predicted octanol–water partition coefficient (Wildman–Crippen LogP) is 1.89. The van der Waals surface area contributed by atoms with Crippen molar-refractivity contribution in [1.82, 2.24) is 10.2 Å². The molecule has 3 nitrogen and oxygen atoms in total. The highest BCUT2D eigenvalue weighted by molar-refractivity contribution is 4.85. The van der Waals surface area contributed by atoms with Crippen LogP contribution >= 0.6 is 0 Å². The Hall–Kier alpha value is -0.330. The van der Waals surface area contributed by atoms with Crippen LogP contribution in [0.3, 0.4) is 0 Å². The average Bonchev–Trinajstić information content (AvgIpc) is 3.09. The Morgan fingerprint density at radius 2 is 2.00 bits per heavy atom. The largest absolute Gasteiger partial charge is 0.401 e. The van der Waals surface area contributed by atoms with E-state index in [1.165, 1.54) is 12.8 Å². The van der Waals surface area contributed by atoms with E-state index in [-0.39, 0.29) is 0 Å². The lowest BCUT2D eigenvalue weighted by atomic mass is 10.2. The van der Waals surface area contributed by atoms with Crippen molar-refractivity contribution in [1.29, 1.82) is 0 Å². The van der Waals surface area contributed by atoms with Gasteiger partial charge in [0.2, 0.25) is 0 Å². The summed E-state index contributed by atoms with van der Waals surface area (Å²) < 4.78 is 41.0. The van der Waals surface area contributed by atoms with Gasteiger partial charge in [0.05, 0.1) is 13.2 Å². The zero-order valence-electron chi connectivity index (χ0n) is 11.1. The van der Waals surface area contributed by atoms with Crippen LogP contribution in [0.4, 0.5) is 13.2 Å². The molecule has 0 bridgehead atoms. The Morgan fingerprint density at radius 1 is 1.33 bits per heavy atom. The Labute approximate surface area is 107 Å². The molecule has 6 heteroatoms. The number of alkyl halides is 3. The molecule has 1 aliphatic carbocycles. The molecule has 18 heavy (non-hydrogen) atoms. The SMILES string of the molecule is COCCN(CCNCC(F)(F)F)C(C)C1CC1. The van der Waals surface area contributed by atoms with Crippen molar-refractivity contribution in [2.24, 2.45) is 5.92 Å². The summed E-state index contributed by atoms with van der Waals surface area (Å²) in [6.45, 7) is 3.63. The van der Waals surface area contributed by atoms with E-state index in [0.29, 0.717) is 31.7 Å². The maximum atomic E-state index is 12.0. The molecule has 1 saturated carbocycles. The Bertz CT molecular complexity index is 232. The van der Waals surface area contributed by atoms with Gasteiger partial charge in [0.15, 0.2) is 0 Å². The van der Waals surface area contributed by atoms with E-state index < -0.39 is 12.7 Å². The highest BCUT2D eigenvalue weighted by Crippen LogP contribution is 2.34. The van der Waals surface area contributed by atoms with Crippen LogP contribution in [0.1, 0.15) is 19.8 Å². The van der Waals surface area contributed by atoms with Crippen molar-refractivity contribution < 1.29 is 17.9 Å².